The van der Waals surface area contributed by atoms with E-state index in [1.807, 2.05) is 41.3 Å². The van der Waals surface area contributed by atoms with Crippen LogP contribution in [0.15, 0.2) is 42.5 Å². The van der Waals surface area contributed by atoms with Crippen molar-refractivity contribution in [3.63, 3.8) is 0 Å². The Kier molecular flexibility index (Phi) is 4.17. The number of hydrogen-bond acceptors (Lipinski definition) is 3. The third kappa shape index (κ3) is 2.87. The van der Waals surface area contributed by atoms with Gasteiger partial charge in [-0.3, -0.25) is 4.79 Å². The third-order valence-electron chi connectivity index (χ3n) is 4.84. The summed E-state index contributed by atoms with van der Waals surface area (Å²) < 4.78 is 0. The van der Waals surface area contributed by atoms with Gasteiger partial charge in [0.25, 0.3) is 5.91 Å². The summed E-state index contributed by atoms with van der Waals surface area (Å²) in [5.41, 5.74) is 4.39. The standard InChI is InChI=1S/C19H20ClN3O/c20-17-3-1-2-4-18(17)22-7-9-23(10-8-22)19(24)14-5-6-15-12-21-13-16(15)11-14/h1-6,11,21H,7-10,12-13H2. The van der Waals surface area contributed by atoms with Crippen molar-refractivity contribution >= 4 is 23.2 Å². The number of rotatable bonds is 2. The van der Waals surface area contributed by atoms with Crippen molar-refractivity contribution in [2.75, 3.05) is 31.1 Å². The van der Waals surface area contributed by atoms with Gasteiger partial charge in [0.15, 0.2) is 0 Å². The number of halogens is 1. The van der Waals surface area contributed by atoms with Gasteiger partial charge in [-0.25, -0.2) is 0 Å². The number of carbonyl (C=O) groups is 1. The van der Waals surface area contributed by atoms with E-state index < -0.39 is 0 Å². The number of hydrogen-bond donors (Lipinski definition) is 1. The lowest BCUT2D eigenvalue weighted by molar-refractivity contribution is 0.0746. The molecular weight excluding hydrogens is 322 g/mol. The lowest BCUT2D eigenvalue weighted by Crippen LogP contribution is -2.48. The van der Waals surface area contributed by atoms with Crippen molar-refractivity contribution in [1.29, 1.82) is 0 Å². The molecule has 0 atom stereocenters. The van der Waals surface area contributed by atoms with Crippen LogP contribution in [0.25, 0.3) is 0 Å². The van der Waals surface area contributed by atoms with Gasteiger partial charge < -0.3 is 15.1 Å². The van der Waals surface area contributed by atoms with E-state index in [0.29, 0.717) is 0 Å². The van der Waals surface area contributed by atoms with Crippen LogP contribution >= 0.6 is 11.6 Å². The van der Waals surface area contributed by atoms with Gasteiger partial charge >= 0.3 is 0 Å². The highest BCUT2D eigenvalue weighted by molar-refractivity contribution is 6.33. The minimum absolute atomic E-state index is 0.128. The van der Waals surface area contributed by atoms with E-state index in [9.17, 15) is 4.79 Å². The lowest BCUT2D eigenvalue weighted by atomic mass is 10.1. The predicted molar refractivity (Wildman–Crippen MR) is 96.6 cm³/mol. The van der Waals surface area contributed by atoms with E-state index in [1.165, 1.54) is 11.1 Å². The molecule has 0 unspecified atom stereocenters. The monoisotopic (exact) mass is 341 g/mol. The fraction of sp³-hybridized carbons (Fsp3) is 0.316. The molecule has 2 aromatic rings. The Labute approximate surface area is 147 Å². The number of anilines is 1. The summed E-state index contributed by atoms with van der Waals surface area (Å²) in [5, 5.41) is 4.09. The molecule has 4 rings (SSSR count). The molecule has 0 radical (unpaired) electrons. The fourth-order valence-electron chi connectivity index (χ4n) is 3.47. The lowest BCUT2D eigenvalue weighted by Gasteiger charge is -2.36. The van der Waals surface area contributed by atoms with Crippen LogP contribution in [0.3, 0.4) is 0 Å². The second kappa shape index (κ2) is 6.46. The fourth-order valence-corrected chi connectivity index (χ4v) is 3.72. The zero-order chi connectivity index (χ0) is 16.5. The Morgan fingerprint density at radius 2 is 1.71 bits per heavy atom. The SMILES string of the molecule is O=C(c1ccc2c(c1)CNC2)N1CCN(c2ccccc2Cl)CC1. The molecule has 5 heteroatoms. The van der Waals surface area contributed by atoms with Crippen LogP contribution in [-0.4, -0.2) is 37.0 Å². The summed E-state index contributed by atoms with van der Waals surface area (Å²) >= 11 is 6.28. The topological polar surface area (TPSA) is 35.6 Å². The van der Waals surface area contributed by atoms with Crippen LogP contribution in [0.5, 0.6) is 0 Å². The number of nitrogens with zero attached hydrogens (tertiary/aromatic N) is 2. The van der Waals surface area contributed by atoms with Crippen molar-refractivity contribution < 1.29 is 4.79 Å². The summed E-state index contributed by atoms with van der Waals surface area (Å²) in [7, 11) is 0. The molecule has 1 saturated heterocycles. The van der Waals surface area contributed by atoms with Crippen LogP contribution in [0, 0.1) is 0 Å². The van der Waals surface area contributed by atoms with Gasteiger partial charge in [0, 0.05) is 44.8 Å². The normalized spacial score (nSPS) is 17.0. The second-order valence-corrected chi connectivity index (χ2v) is 6.72. The maximum absolute atomic E-state index is 12.8. The molecule has 124 valence electrons. The molecule has 24 heavy (non-hydrogen) atoms. The van der Waals surface area contributed by atoms with Gasteiger partial charge in [0.2, 0.25) is 0 Å². The summed E-state index contributed by atoms with van der Waals surface area (Å²) in [6, 6.07) is 13.9. The number of para-hydroxylation sites is 1. The first-order valence-electron chi connectivity index (χ1n) is 8.33. The molecule has 0 aliphatic carbocycles. The molecule has 2 aliphatic rings. The first-order chi connectivity index (χ1) is 11.7. The maximum atomic E-state index is 12.8. The maximum Gasteiger partial charge on any atom is 0.253 e. The highest BCUT2D eigenvalue weighted by atomic mass is 35.5. The summed E-state index contributed by atoms with van der Waals surface area (Å²) in [5.74, 6) is 0.128. The number of benzene rings is 2. The molecule has 0 aromatic heterocycles. The average molecular weight is 342 g/mol. The number of piperazine rings is 1. The quantitative estimate of drug-likeness (QED) is 0.912. The molecule has 1 amide bonds. The zero-order valence-electron chi connectivity index (χ0n) is 13.5. The van der Waals surface area contributed by atoms with Crippen LogP contribution in [0.2, 0.25) is 5.02 Å². The van der Waals surface area contributed by atoms with Crippen LogP contribution in [0.1, 0.15) is 21.5 Å². The van der Waals surface area contributed by atoms with Crippen molar-refractivity contribution in [1.82, 2.24) is 10.2 Å². The highest BCUT2D eigenvalue weighted by Gasteiger charge is 2.24. The van der Waals surface area contributed by atoms with Gasteiger partial charge in [-0.1, -0.05) is 29.8 Å². The Balaban J connectivity index is 1.44. The predicted octanol–water partition coefficient (Wildman–Crippen LogP) is 2.91. The van der Waals surface area contributed by atoms with Crippen molar-refractivity contribution in [3.8, 4) is 0 Å². The van der Waals surface area contributed by atoms with Crippen molar-refractivity contribution in [3.05, 3.63) is 64.2 Å². The van der Waals surface area contributed by atoms with Crippen LogP contribution in [-0.2, 0) is 13.1 Å². The summed E-state index contributed by atoms with van der Waals surface area (Å²) in [4.78, 5) is 17.0. The number of carbonyl (C=O) groups excluding carboxylic acids is 1. The average Bonchev–Trinajstić information content (AvgIpc) is 3.09. The molecule has 4 nitrogen and oxygen atoms in total. The Morgan fingerprint density at radius 3 is 2.50 bits per heavy atom. The van der Waals surface area contributed by atoms with E-state index in [1.54, 1.807) is 0 Å². The first-order valence-corrected chi connectivity index (χ1v) is 8.71. The van der Waals surface area contributed by atoms with E-state index in [-0.39, 0.29) is 5.91 Å². The minimum atomic E-state index is 0.128. The molecule has 1 N–H and O–H groups in total. The van der Waals surface area contributed by atoms with Gasteiger partial charge in [-0.15, -0.1) is 0 Å². The largest absolute Gasteiger partial charge is 0.367 e. The van der Waals surface area contributed by atoms with Gasteiger partial charge in [0.1, 0.15) is 0 Å². The Hall–Kier alpha value is -2.04. The van der Waals surface area contributed by atoms with E-state index in [4.69, 9.17) is 11.6 Å². The molecule has 2 aliphatic heterocycles. The zero-order valence-corrected chi connectivity index (χ0v) is 14.2. The molecular formula is C19H20ClN3O. The Bertz CT molecular complexity index is 769. The van der Waals surface area contributed by atoms with Crippen LogP contribution < -0.4 is 10.2 Å². The summed E-state index contributed by atoms with van der Waals surface area (Å²) in [6.07, 6.45) is 0. The molecule has 2 aromatic carbocycles. The van der Waals surface area contributed by atoms with E-state index >= 15 is 0 Å². The molecule has 1 fully saturated rings. The van der Waals surface area contributed by atoms with Gasteiger partial charge in [-0.05, 0) is 35.4 Å². The van der Waals surface area contributed by atoms with Gasteiger partial charge in [-0.2, -0.15) is 0 Å². The van der Waals surface area contributed by atoms with Crippen LogP contribution in [0.4, 0.5) is 5.69 Å². The van der Waals surface area contributed by atoms with E-state index in [2.05, 4.69) is 16.3 Å². The smallest absolute Gasteiger partial charge is 0.253 e. The number of nitrogens with one attached hydrogen (secondary N) is 1. The highest BCUT2D eigenvalue weighted by Crippen LogP contribution is 2.26. The molecule has 0 spiro atoms. The van der Waals surface area contributed by atoms with E-state index in [0.717, 1.165) is 55.5 Å². The molecule has 2 heterocycles. The number of amides is 1. The van der Waals surface area contributed by atoms with Crippen molar-refractivity contribution in [2.24, 2.45) is 0 Å². The first kappa shape index (κ1) is 15.5. The van der Waals surface area contributed by atoms with Crippen molar-refractivity contribution in [2.45, 2.75) is 13.1 Å². The van der Waals surface area contributed by atoms with Gasteiger partial charge in [0.05, 0.1) is 10.7 Å². The molecule has 0 saturated carbocycles. The molecule has 0 bridgehead atoms. The summed E-state index contributed by atoms with van der Waals surface area (Å²) in [6.45, 7) is 4.82. The second-order valence-electron chi connectivity index (χ2n) is 6.32. The minimum Gasteiger partial charge on any atom is -0.367 e. The number of fused-ring (bicyclic) bond motifs is 1. The Morgan fingerprint density at radius 1 is 0.958 bits per heavy atom. The third-order valence-corrected chi connectivity index (χ3v) is 5.16.